The standard InChI is InChI=1S/C19H32N2/c1-5-20-18(16-11-7-6-8-12-16)19(2,3)15-21(4)17-13-9-10-14-17/h6-8,11-12,17-18,20H,5,9-10,13-15H2,1-4H3. The van der Waals surface area contributed by atoms with Crippen molar-refractivity contribution in [3.8, 4) is 0 Å². The van der Waals surface area contributed by atoms with Gasteiger partial charge in [0.15, 0.2) is 0 Å². The van der Waals surface area contributed by atoms with Crippen LogP contribution in [0.5, 0.6) is 0 Å². The summed E-state index contributed by atoms with van der Waals surface area (Å²) in [5.74, 6) is 0. The molecule has 118 valence electrons. The molecule has 1 aromatic rings. The van der Waals surface area contributed by atoms with Crippen molar-refractivity contribution in [1.82, 2.24) is 10.2 Å². The molecule has 1 fully saturated rings. The largest absolute Gasteiger partial charge is 0.310 e. The summed E-state index contributed by atoms with van der Waals surface area (Å²) in [4.78, 5) is 2.60. The fraction of sp³-hybridized carbons (Fsp3) is 0.684. The van der Waals surface area contributed by atoms with Crippen LogP contribution in [0, 0.1) is 5.41 Å². The van der Waals surface area contributed by atoms with E-state index in [4.69, 9.17) is 0 Å². The van der Waals surface area contributed by atoms with Crippen molar-refractivity contribution >= 4 is 0 Å². The minimum absolute atomic E-state index is 0.217. The molecule has 2 nitrogen and oxygen atoms in total. The Hall–Kier alpha value is -0.860. The van der Waals surface area contributed by atoms with Gasteiger partial charge in [-0.1, -0.05) is 63.9 Å². The van der Waals surface area contributed by atoms with Gasteiger partial charge in [0.25, 0.3) is 0 Å². The molecule has 0 saturated heterocycles. The molecule has 1 aliphatic carbocycles. The molecule has 0 aromatic heterocycles. The van der Waals surface area contributed by atoms with Crippen LogP contribution >= 0.6 is 0 Å². The molecule has 1 aromatic carbocycles. The van der Waals surface area contributed by atoms with Crippen LogP contribution in [0.4, 0.5) is 0 Å². The van der Waals surface area contributed by atoms with E-state index in [9.17, 15) is 0 Å². The number of hydrogen-bond acceptors (Lipinski definition) is 2. The molecule has 1 aliphatic rings. The summed E-state index contributed by atoms with van der Waals surface area (Å²) >= 11 is 0. The molecule has 0 aliphatic heterocycles. The van der Waals surface area contributed by atoms with Crippen LogP contribution in [0.15, 0.2) is 30.3 Å². The van der Waals surface area contributed by atoms with Crippen LogP contribution in [-0.2, 0) is 0 Å². The van der Waals surface area contributed by atoms with Gasteiger partial charge in [-0.3, -0.25) is 0 Å². The van der Waals surface area contributed by atoms with E-state index in [1.165, 1.54) is 31.2 Å². The highest BCUT2D eigenvalue weighted by atomic mass is 15.1. The third-order valence-corrected chi connectivity index (χ3v) is 4.93. The van der Waals surface area contributed by atoms with Gasteiger partial charge in [-0.05, 0) is 37.4 Å². The predicted molar refractivity (Wildman–Crippen MR) is 91.5 cm³/mol. The highest BCUT2D eigenvalue weighted by Crippen LogP contribution is 2.35. The van der Waals surface area contributed by atoms with Crippen LogP contribution in [0.2, 0.25) is 0 Å². The second kappa shape index (κ2) is 7.42. The summed E-state index contributed by atoms with van der Waals surface area (Å²) in [6.45, 7) is 9.16. The average molecular weight is 288 g/mol. The lowest BCUT2D eigenvalue weighted by molar-refractivity contribution is 0.125. The van der Waals surface area contributed by atoms with E-state index in [0.717, 1.165) is 19.1 Å². The van der Waals surface area contributed by atoms with Gasteiger partial charge in [-0.2, -0.15) is 0 Å². The van der Waals surface area contributed by atoms with E-state index in [-0.39, 0.29) is 5.41 Å². The maximum absolute atomic E-state index is 3.71. The lowest BCUT2D eigenvalue weighted by atomic mass is 9.79. The zero-order valence-electron chi connectivity index (χ0n) is 14.2. The maximum atomic E-state index is 3.71. The Labute approximate surface area is 130 Å². The molecule has 0 heterocycles. The fourth-order valence-corrected chi connectivity index (χ4v) is 3.90. The average Bonchev–Trinajstić information content (AvgIpc) is 2.99. The molecule has 1 saturated carbocycles. The molecule has 0 amide bonds. The van der Waals surface area contributed by atoms with Gasteiger partial charge in [0.2, 0.25) is 0 Å². The normalized spacial score (nSPS) is 18.3. The van der Waals surface area contributed by atoms with Gasteiger partial charge < -0.3 is 10.2 Å². The second-order valence-electron chi connectivity index (χ2n) is 7.24. The maximum Gasteiger partial charge on any atom is 0.0384 e. The Morgan fingerprint density at radius 3 is 2.38 bits per heavy atom. The van der Waals surface area contributed by atoms with E-state index in [2.05, 4.69) is 68.4 Å². The lowest BCUT2D eigenvalue weighted by Crippen LogP contribution is -2.44. The van der Waals surface area contributed by atoms with E-state index >= 15 is 0 Å². The van der Waals surface area contributed by atoms with Crippen molar-refractivity contribution in [1.29, 1.82) is 0 Å². The van der Waals surface area contributed by atoms with Gasteiger partial charge in [-0.25, -0.2) is 0 Å². The molecular weight excluding hydrogens is 256 g/mol. The first-order valence-corrected chi connectivity index (χ1v) is 8.53. The van der Waals surface area contributed by atoms with E-state index in [1.54, 1.807) is 0 Å². The fourth-order valence-electron chi connectivity index (χ4n) is 3.90. The Morgan fingerprint density at radius 1 is 1.19 bits per heavy atom. The summed E-state index contributed by atoms with van der Waals surface area (Å²) in [5, 5.41) is 3.71. The SMILES string of the molecule is CCNC(c1ccccc1)C(C)(C)CN(C)C1CCCC1. The number of nitrogens with zero attached hydrogens (tertiary/aromatic N) is 1. The highest BCUT2D eigenvalue weighted by Gasteiger charge is 2.33. The van der Waals surface area contributed by atoms with Crippen LogP contribution < -0.4 is 5.32 Å². The third-order valence-electron chi connectivity index (χ3n) is 4.93. The van der Waals surface area contributed by atoms with Gasteiger partial charge in [0.05, 0.1) is 0 Å². The van der Waals surface area contributed by atoms with Gasteiger partial charge in [-0.15, -0.1) is 0 Å². The monoisotopic (exact) mass is 288 g/mol. The van der Waals surface area contributed by atoms with Crippen molar-refractivity contribution in [2.24, 2.45) is 5.41 Å². The molecule has 0 radical (unpaired) electrons. The summed E-state index contributed by atoms with van der Waals surface area (Å²) in [7, 11) is 2.31. The zero-order valence-corrected chi connectivity index (χ0v) is 14.2. The number of nitrogens with one attached hydrogen (secondary N) is 1. The summed E-state index contributed by atoms with van der Waals surface area (Å²) < 4.78 is 0. The molecule has 21 heavy (non-hydrogen) atoms. The molecule has 0 bridgehead atoms. The van der Waals surface area contributed by atoms with Crippen LogP contribution in [-0.4, -0.2) is 31.1 Å². The van der Waals surface area contributed by atoms with Crippen LogP contribution in [0.3, 0.4) is 0 Å². The smallest absolute Gasteiger partial charge is 0.0384 e. The molecule has 1 unspecified atom stereocenters. The number of hydrogen-bond donors (Lipinski definition) is 1. The van der Waals surface area contributed by atoms with Crippen molar-refractivity contribution < 1.29 is 0 Å². The topological polar surface area (TPSA) is 15.3 Å². The van der Waals surface area contributed by atoms with Crippen molar-refractivity contribution in [2.75, 3.05) is 20.1 Å². The predicted octanol–water partition coefficient (Wildman–Crippen LogP) is 4.24. The zero-order chi connectivity index (χ0) is 15.3. The first-order chi connectivity index (χ1) is 10.0. The van der Waals surface area contributed by atoms with E-state index < -0.39 is 0 Å². The summed E-state index contributed by atoms with van der Waals surface area (Å²) in [6, 6.07) is 12.1. The molecule has 1 N–H and O–H groups in total. The molecule has 0 spiro atoms. The van der Waals surface area contributed by atoms with Gasteiger partial charge in [0, 0.05) is 18.6 Å². The van der Waals surface area contributed by atoms with Crippen molar-refractivity contribution in [3.05, 3.63) is 35.9 Å². The Balaban J connectivity index is 2.09. The summed E-state index contributed by atoms with van der Waals surface area (Å²) in [6.07, 6.45) is 5.57. The van der Waals surface area contributed by atoms with Gasteiger partial charge >= 0.3 is 0 Å². The molecular formula is C19H32N2. The quantitative estimate of drug-likeness (QED) is 0.807. The van der Waals surface area contributed by atoms with Crippen LogP contribution in [0.25, 0.3) is 0 Å². The first-order valence-electron chi connectivity index (χ1n) is 8.53. The minimum Gasteiger partial charge on any atom is -0.310 e. The van der Waals surface area contributed by atoms with Crippen molar-refractivity contribution in [2.45, 2.75) is 58.5 Å². The Bertz CT molecular complexity index is 407. The molecule has 1 atom stereocenters. The minimum atomic E-state index is 0.217. The third kappa shape index (κ3) is 4.31. The molecule has 2 rings (SSSR count). The first kappa shape index (κ1) is 16.5. The van der Waals surface area contributed by atoms with Crippen molar-refractivity contribution in [3.63, 3.8) is 0 Å². The number of rotatable bonds is 7. The van der Waals surface area contributed by atoms with E-state index in [1.807, 2.05) is 0 Å². The Morgan fingerprint density at radius 2 is 1.81 bits per heavy atom. The summed E-state index contributed by atoms with van der Waals surface area (Å²) in [5.41, 5.74) is 1.62. The second-order valence-corrected chi connectivity index (χ2v) is 7.24. The molecule has 2 heteroatoms. The van der Waals surface area contributed by atoms with E-state index in [0.29, 0.717) is 6.04 Å². The van der Waals surface area contributed by atoms with Gasteiger partial charge in [0.1, 0.15) is 0 Å². The Kier molecular flexibility index (Phi) is 5.83. The number of benzene rings is 1. The van der Waals surface area contributed by atoms with Crippen LogP contribution in [0.1, 0.15) is 58.1 Å². The lowest BCUT2D eigenvalue weighted by Gasteiger charge is -2.40. The highest BCUT2D eigenvalue weighted by molar-refractivity contribution is 5.21.